The van der Waals surface area contributed by atoms with Crippen molar-refractivity contribution < 1.29 is 28.8 Å². The summed E-state index contributed by atoms with van der Waals surface area (Å²) in [5.41, 5.74) is -0.629. The Hall–Kier alpha value is -1.11. The molecule has 6 nitrogen and oxygen atoms in total. The van der Waals surface area contributed by atoms with E-state index in [1.807, 2.05) is 0 Å². The molecule has 2 unspecified atom stereocenters. The van der Waals surface area contributed by atoms with E-state index in [1.165, 1.54) is 6.92 Å². The molecule has 0 aromatic carbocycles. The highest BCUT2D eigenvalue weighted by atomic mass is 17.3. The lowest BCUT2D eigenvalue weighted by Crippen LogP contribution is -2.58. The molecule has 1 saturated heterocycles. The van der Waals surface area contributed by atoms with E-state index in [1.54, 1.807) is 26.8 Å². The van der Waals surface area contributed by atoms with Crippen LogP contribution in [0.25, 0.3) is 0 Å². The van der Waals surface area contributed by atoms with Gasteiger partial charge in [-0.2, -0.15) is 9.78 Å². The van der Waals surface area contributed by atoms with Crippen molar-refractivity contribution >= 4 is 6.16 Å². The van der Waals surface area contributed by atoms with E-state index in [-0.39, 0.29) is 6.61 Å². The smallest absolute Gasteiger partial charge is 0.428 e. The van der Waals surface area contributed by atoms with E-state index in [4.69, 9.17) is 19.1 Å². The first-order valence-electron chi connectivity index (χ1n) is 5.26. The summed E-state index contributed by atoms with van der Waals surface area (Å²) in [7, 11) is 0. The van der Waals surface area contributed by atoms with Crippen LogP contribution in [0.4, 0.5) is 4.79 Å². The Balaban J connectivity index is 2.44. The maximum Gasteiger partial charge on any atom is 0.511 e. The van der Waals surface area contributed by atoms with Crippen molar-refractivity contribution in [3.63, 3.8) is 0 Å². The SMILES string of the molecule is C=CCOC1OOC1(C)OC(=O)OC(C)(C)C. The zero-order valence-corrected chi connectivity index (χ0v) is 10.5. The fraction of sp³-hybridized carbons (Fsp3) is 0.727. The highest BCUT2D eigenvalue weighted by Gasteiger charge is 2.53. The molecule has 0 amide bonds. The van der Waals surface area contributed by atoms with Crippen LogP contribution in [0.5, 0.6) is 0 Å². The van der Waals surface area contributed by atoms with Crippen molar-refractivity contribution in [3.05, 3.63) is 12.7 Å². The third-order valence-corrected chi connectivity index (χ3v) is 1.77. The summed E-state index contributed by atoms with van der Waals surface area (Å²) >= 11 is 0. The van der Waals surface area contributed by atoms with Gasteiger partial charge in [0.05, 0.1) is 6.61 Å². The lowest BCUT2D eigenvalue weighted by atomic mass is 10.2. The van der Waals surface area contributed by atoms with Crippen LogP contribution >= 0.6 is 0 Å². The molecule has 0 aromatic heterocycles. The Morgan fingerprint density at radius 1 is 1.53 bits per heavy atom. The monoisotopic (exact) mass is 246 g/mol. The number of carbonyl (C=O) groups excluding carboxylic acids is 1. The first-order valence-corrected chi connectivity index (χ1v) is 5.26. The predicted octanol–water partition coefficient (Wildman–Crippen LogP) is 2.14. The van der Waals surface area contributed by atoms with Gasteiger partial charge in [-0.15, -0.1) is 6.58 Å². The molecule has 1 aliphatic heterocycles. The minimum atomic E-state index is -1.29. The van der Waals surface area contributed by atoms with Gasteiger partial charge in [0, 0.05) is 6.92 Å². The number of ether oxygens (including phenoxy) is 3. The maximum atomic E-state index is 11.4. The average Bonchev–Trinajstić information content (AvgIpc) is 2.13. The number of carbonyl (C=O) groups is 1. The second-order valence-electron chi connectivity index (χ2n) is 4.72. The summed E-state index contributed by atoms with van der Waals surface area (Å²) in [6, 6.07) is 0. The van der Waals surface area contributed by atoms with Gasteiger partial charge in [-0.05, 0) is 20.8 Å². The maximum absolute atomic E-state index is 11.4. The molecule has 0 radical (unpaired) electrons. The predicted molar refractivity (Wildman–Crippen MR) is 57.8 cm³/mol. The third-order valence-electron chi connectivity index (χ3n) is 1.77. The van der Waals surface area contributed by atoms with E-state index >= 15 is 0 Å². The molecular weight excluding hydrogens is 228 g/mol. The van der Waals surface area contributed by atoms with Gasteiger partial charge in [0.15, 0.2) is 0 Å². The molecule has 1 rings (SSSR count). The van der Waals surface area contributed by atoms with Crippen LogP contribution in [0.2, 0.25) is 0 Å². The van der Waals surface area contributed by atoms with E-state index in [0.717, 1.165) is 0 Å². The molecular formula is C11H18O6. The zero-order chi connectivity index (χ0) is 13.1. The van der Waals surface area contributed by atoms with Crippen LogP contribution in [0, 0.1) is 0 Å². The van der Waals surface area contributed by atoms with Crippen LogP contribution in [-0.2, 0) is 24.0 Å². The molecule has 98 valence electrons. The third kappa shape index (κ3) is 3.99. The van der Waals surface area contributed by atoms with E-state index in [0.29, 0.717) is 0 Å². The normalized spacial score (nSPS) is 28.1. The van der Waals surface area contributed by atoms with E-state index in [9.17, 15) is 4.79 Å². The van der Waals surface area contributed by atoms with Crippen LogP contribution in [-0.4, -0.2) is 30.4 Å². The quantitative estimate of drug-likeness (QED) is 0.430. The highest BCUT2D eigenvalue weighted by Crippen LogP contribution is 2.32. The Morgan fingerprint density at radius 3 is 2.59 bits per heavy atom. The fourth-order valence-electron chi connectivity index (χ4n) is 1.06. The molecule has 17 heavy (non-hydrogen) atoms. The summed E-state index contributed by atoms with van der Waals surface area (Å²) in [4.78, 5) is 20.8. The molecule has 0 aliphatic carbocycles. The van der Waals surface area contributed by atoms with Gasteiger partial charge >= 0.3 is 6.16 Å². The molecule has 0 saturated carbocycles. The second-order valence-corrected chi connectivity index (χ2v) is 4.72. The first kappa shape index (κ1) is 14.0. The number of rotatable bonds is 4. The summed E-state index contributed by atoms with van der Waals surface area (Å²) < 4.78 is 15.2. The molecule has 2 atom stereocenters. The largest absolute Gasteiger partial charge is 0.511 e. The average molecular weight is 246 g/mol. The Morgan fingerprint density at radius 2 is 2.18 bits per heavy atom. The minimum absolute atomic E-state index is 0.265. The molecule has 0 spiro atoms. The molecule has 6 heteroatoms. The zero-order valence-electron chi connectivity index (χ0n) is 10.5. The van der Waals surface area contributed by atoms with Crippen molar-refractivity contribution in [1.82, 2.24) is 0 Å². The lowest BCUT2D eigenvalue weighted by molar-refractivity contribution is -0.601. The molecule has 1 aliphatic rings. The van der Waals surface area contributed by atoms with Gasteiger partial charge in [-0.25, -0.2) is 4.79 Å². The van der Waals surface area contributed by atoms with Crippen LogP contribution in [0.3, 0.4) is 0 Å². The Labute approximate surface area is 100 Å². The number of hydrogen-bond donors (Lipinski definition) is 0. The number of hydrogen-bond acceptors (Lipinski definition) is 6. The Kier molecular flexibility index (Phi) is 4.13. The van der Waals surface area contributed by atoms with Crippen molar-refractivity contribution in [2.45, 2.75) is 45.4 Å². The van der Waals surface area contributed by atoms with Crippen molar-refractivity contribution in [3.8, 4) is 0 Å². The van der Waals surface area contributed by atoms with Crippen molar-refractivity contribution in [2.75, 3.05) is 6.61 Å². The first-order chi connectivity index (χ1) is 7.77. The molecule has 1 fully saturated rings. The van der Waals surface area contributed by atoms with Crippen LogP contribution < -0.4 is 0 Å². The van der Waals surface area contributed by atoms with E-state index in [2.05, 4.69) is 11.5 Å². The van der Waals surface area contributed by atoms with Gasteiger partial charge in [-0.3, -0.25) is 0 Å². The van der Waals surface area contributed by atoms with Crippen molar-refractivity contribution in [1.29, 1.82) is 0 Å². The summed E-state index contributed by atoms with van der Waals surface area (Å²) in [6.45, 7) is 10.5. The topological polar surface area (TPSA) is 63.2 Å². The summed E-state index contributed by atoms with van der Waals surface area (Å²) in [6.07, 6.45) is -0.0706. The van der Waals surface area contributed by atoms with Crippen LogP contribution in [0.15, 0.2) is 12.7 Å². The summed E-state index contributed by atoms with van der Waals surface area (Å²) in [5, 5.41) is 0. The lowest BCUT2D eigenvalue weighted by Gasteiger charge is -2.41. The van der Waals surface area contributed by atoms with Crippen LogP contribution in [0.1, 0.15) is 27.7 Å². The Bertz CT molecular complexity index is 295. The van der Waals surface area contributed by atoms with Crippen molar-refractivity contribution in [2.24, 2.45) is 0 Å². The standard InChI is InChI=1S/C11H18O6/c1-6-7-13-8-11(5,17-16-8)15-9(12)14-10(2,3)4/h6,8H,1,7H2,2-5H3. The van der Waals surface area contributed by atoms with E-state index < -0.39 is 23.8 Å². The fourth-order valence-corrected chi connectivity index (χ4v) is 1.06. The molecule has 0 bridgehead atoms. The summed E-state index contributed by atoms with van der Waals surface area (Å²) in [5.74, 6) is -1.29. The second kappa shape index (κ2) is 5.03. The molecule has 0 aromatic rings. The van der Waals surface area contributed by atoms with Gasteiger partial charge in [0.1, 0.15) is 5.60 Å². The van der Waals surface area contributed by atoms with Gasteiger partial charge in [-0.1, -0.05) is 6.08 Å². The molecule has 1 heterocycles. The van der Waals surface area contributed by atoms with Gasteiger partial charge in [0.2, 0.25) is 0 Å². The highest BCUT2D eigenvalue weighted by molar-refractivity contribution is 5.61. The van der Waals surface area contributed by atoms with Gasteiger partial charge < -0.3 is 14.2 Å². The molecule has 0 N–H and O–H groups in total. The minimum Gasteiger partial charge on any atom is -0.428 e. The van der Waals surface area contributed by atoms with Gasteiger partial charge in [0.25, 0.3) is 12.1 Å².